The Bertz CT molecular complexity index is 1440. The fourth-order valence-corrected chi connectivity index (χ4v) is 5.89. The molecule has 2 aliphatic heterocycles. The molecule has 1 aromatic carbocycles. The summed E-state index contributed by atoms with van der Waals surface area (Å²) in [6, 6.07) is 4.54. The first kappa shape index (κ1) is 27.9. The first-order chi connectivity index (χ1) is 19.3. The van der Waals surface area contributed by atoms with E-state index in [4.69, 9.17) is 19.4 Å². The third kappa shape index (κ3) is 6.24. The molecule has 2 aliphatic rings. The van der Waals surface area contributed by atoms with Crippen LogP contribution in [-0.4, -0.2) is 62.9 Å². The number of aryl methyl sites for hydroxylation is 1. The van der Waals surface area contributed by atoms with Gasteiger partial charge >= 0.3 is 11.9 Å². The van der Waals surface area contributed by atoms with E-state index < -0.39 is 11.9 Å². The molecule has 1 saturated heterocycles. The predicted molar refractivity (Wildman–Crippen MR) is 144 cm³/mol. The van der Waals surface area contributed by atoms with E-state index >= 15 is 0 Å². The molecule has 2 aromatic heterocycles. The number of carboxylic acid groups (broad SMARTS) is 1. The number of carbonyl (C=O) groups is 2. The first-order valence-corrected chi connectivity index (χ1v) is 14.0. The van der Waals surface area contributed by atoms with Gasteiger partial charge in [-0.1, -0.05) is 5.16 Å². The zero-order valence-electron chi connectivity index (χ0n) is 22.7. The number of rotatable bonds is 10. The molecule has 40 heavy (non-hydrogen) atoms. The standard InChI is InChI=1S/C29H35FN4O6/c1-18-22(11-15-33-13-9-19(10-14-33)27-23-8-7-21(30)16-24(23)40-32-27)29(38)34-12-3-4-20(28(34)31-18)17-39-26(37)6-2-5-25(35)36/h7-8,16,19-20H,2-6,9-15,17H2,1H3,(H,35,36). The van der Waals surface area contributed by atoms with Gasteiger partial charge < -0.3 is 19.3 Å². The number of hydrogen-bond acceptors (Lipinski definition) is 8. The third-order valence-electron chi connectivity index (χ3n) is 8.13. The Kier molecular flexibility index (Phi) is 8.58. The summed E-state index contributed by atoms with van der Waals surface area (Å²) in [5.41, 5.74) is 2.79. The molecular weight excluding hydrogens is 519 g/mol. The molecule has 1 N–H and O–H groups in total. The van der Waals surface area contributed by atoms with Crippen LogP contribution in [0.15, 0.2) is 27.5 Å². The lowest BCUT2D eigenvalue weighted by molar-refractivity contribution is -0.144. The van der Waals surface area contributed by atoms with Crippen LogP contribution in [0, 0.1) is 12.7 Å². The smallest absolute Gasteiger partial charge is 0.305 e. The molecule has 4 heterocycles. The van der Waals surface area contributed by atoms with Crippen LogP contribution >= 0.6 is 0 Å². The largest absolute Gasteiger partial charge is 0.481 e. The van der Waals surface area contributed by atoms with Gasteiger partial charge in [0.1, 0.15) is 18.2 Å². The highest BCUT2D eigenvalue weighted by Crippen LogP contribution is 2.33. The number of carboxylic acids is 1. The molecule has 0 saturated carbocycles. The van der Waals surface area contributed by atoms with Crippen LogP contribution in [0.3, 0.4) is 0 Å². The lowest BCUT2D eigenvalue weighted by Crippen LogP contribution is -2.38. The summed E-state index contributed by atoms with van der Waals surface area (Å²) in [7, 11) is 0. The van der Waals surface area contributed by atoms with Crippen molar-refractivity contribution in [3.63, 3.8) is 0 Å². The molecule has 0 spiro atoms. The number of piperidine rings is 1. The van der Waals surface area contributed by atoms with Crippen molar-refractivity contribution in [2.24, 2.45) is 0 Å². The number of aliphatic carboxylic acids is 1. The van der Waals surface area contributed by atoms with Crippen LogP contribution in [-0.2, 0) is 27.3 Å². The second-order valence-corrected chi connectivity index (χ2v) is 10.8. The topological polar surface area (TPSA) is 128 Å². The third-order valence-corrected chi connectivity index (χ3v) is 8.13. The Morgan fingerprint density at radius 1 is 1.18 bits per heavy atom. The highest BCUT2D eigenvalue weighted by Gasteiger charge is 2.28. The Balaban J connectivity index is 1.17. The van der Waals surface area contributed by atoms with Crippen molar-refractivity contribution in [1.82, 2.24) is 19.6 Å². The number of benzene rings is 1. The predicted octanol–water partition coefficient (Wildman–Crippen LogP) is 3.93. The number of halogens is 1. The van der Waals surface area contributed by atoms with Gasteiger partial charge in [0.25, 0.3) is 5.56 Å². The highest BCUT2D eigenvalue weighted by molar-refractivity contribution is 5.80. The zero-order valence-corrected chi connectivity index (χ0v) is 22.7. The molecule has 5 rings (SSSR count). The summed E-state index contributed by atoms with van der Waals surface area (Å²) in [5, 5.41) is 13.8. The molecule has 11 heteroatoms. The fourth-order valence-electron chi connectivity index (χ4n) is 5.89. The summed E-state index contributed by atoms with van der Waals surface area (Å²) < 4.78 is 26.0. The number of aromatic nitrogens is 3. The normalized spacial score (nSPS) is 18.1. The summed E-state index contributed by atoms with van der Waals surface area (Å²) in [4.78, 5) is 43.3. The minimum absolute atomic E-state index is 0.0174. The van der Waals surface area contributed by atoms with Gasteiger partial charge in [-0.05, 0) is 70.7 Å². The molecular formula is C29H35FN4O6. The Labute approximate surface area is 231 Å². The van der Waals surface area contributed by atoms with Crippen molar-refractivity contribution in [2.75, 3.05) is 26.2 Å². The second-order valence-electron chi connectivity index (χ2n) is 10.8. The van der Waals surface area contributed by atoms with E-state index in [1.807, 2.05) is 6.92 Å². The summed E-state index contributed by atoms with van der Waals surface area (Å²) in [5.74, 6) is -0.936. The van der Waals surface area contributed by atoms with Crippen LogP contribution in [0.4, 0.5) is 4.39 Å². The molecule has 214 valence electrons. The van der Waals surface area contributed by atoms with Crippen LogP contribution < -0.4 is 5.56 Å². The lowest BCUT2D eigenvalue weighted by atomic mass is 9.91. The Morgan fingerprint density at radius 3 is 2.75 bits per heavy atom. The maximum absolute atomic E-state index is 13.5. The lowest BCUT2D eigenvalue weighted by Gasteiger charge is -2.31. The van der Waals surface area contributed by atoms with Gasteiger partial charge in [-0.2, -0.15) is 0 Å². The molecule has 1 unspecified atom stereocenters. The van der Waals surface area contributed by atoms with Gasteiger partial charge in [0.05, 0.1) is 11.6 Å². The van der Waals surface area contributed by atoms with E-state index in [1.54, 1.807) is 10.6 Å². The number of ether oxygens (including phenoxy) is 1. The van der Waals surface area contributed by atoms with E-state index in [0.29, 0.717) is 30.1 Å². The van der Waals surface area contributed by atoms with Gasteiger partial charge in [-0.15, -0.1) is 0 Å². The molecule has 0 amide bonds. The van der Waals surface area contributed by atoms with Crippen LogP contribution in [0.5, 0.6) is 0 Å². The van der Waals surface area contributed by atoms with E-state index in [0.717, 1.165) is 62.0 Å². The zero-order chi connectivity index (χ0) is 28.2. The second kappa shape index (κ2) is 12.3. The quantitative estimate of drug-likeness (QED) is 0.371. The average Bonchev–Trinajstić information content (AvgIpc) is 3.35. The SMILES string of the molecule is Cc1nc2n(c(=O)c1CCN1CCC(c3noc4cc(F)ccc34)CC1)CCCC2COC(=O)CCCC(=O)O. The Hall–Kier alpha value is -3.60. The van der Waals surface area contributed by atoms with Gasteiger partial charge in [0.15, 0.2) is 5.58 Å². The minimum Gasteiger partial charge on any atom is -0.481 e. The van der Waals surface area contributed by atoms with E-state index in [9.17, 15) is 18.8 Å². The summed E-state index contributed by atoms with van der Waals surface area (Å²) >= 11 is 0. The molecule has 1 fully saturated rings. The van der Waals surface area contributed by atoms with Gasteiger partial charge in [-0.3, -0.25) is 19.0 Å². The van der Waals surface area contributed by atoms with Crippen molar-refractivity contribution in [3.05, 3.63) is 57.1 Å². The molecule has 1 atom stereocenters. The molecule has 0 bridgehead atoms. The molecule has 3 aromatic rings. The van der Waals surface area contributed by atoms with E-state index in [2.05, 4.69) is 10.1 Å². The van der Waals surface area contributed by atoms with Crippen molar-refractivity contribution >= 4 is 22.9 Å². The number of hydrogen-bond donors (Lipinski definition) is 1. The first-order valence-electron chi connectivity index (χ1n) is 14.0. The van der Waals surface area contributed by atoms with Crippen LogP contribution in [0.1, 0.15) is 79.6 Å². The maximum Gasteiger partial charge on any atom is 0.305 e. The number of esters is 1. The molecule has 0 radical (unpaired) electrons. The average molecular weight is 555 g/mol. The number of nitrogens with zero attached hydrogens (tertiary/aromatic N) is 4. The van der Waals surface area contributed by atoms with Gasteiger partial charge in [-0.25, -0.2) is 9.37 Å². The number of fused-ring (bicyclic) bond motifs is 2. The van der Waals surface area contributed by atoms with Crippen molar-refractivity contribution in [1.29, 1.82) is 0 Å². The molecule has 10 nitrogen and oxygen atoms in total. The van der Waals surface area contributed by atoms with Crippen molar-refractivity contribution in [3.8, 4) is 0 Å². The fraction of sp³-hybridized carbons (Fsp3) is 0.552. The van der Waals surface area contributed by atoms with Gasteiger partial charge in [0.2, 0.25) is 0 Å². The minimum atomic E-state index is -0.938. The van der Waals surface area contributed by atoms with E-state index in [1.165, 1.54) is 12.1 Å². The molecule has 0 aliphatic carbocycles. The van der Waals surface area contributed by atoms with E-state index in [-0.39, 0.29) is 49.1 Å². The van der Waals surface area contributed by atoms with Crippen LogP contribution in [0.25, 0.3) is 11.0 Å². The number of carbonyl (C=O) groups excluding carboxylic acids is 1. The highest BCUT2D eigenvalue weighted by atomic mass is 19.1. The maximum atomic E-state index is 13.5. The van der Waals surface area contributed by atoms with Gasteiger partial charge in [0, 0.05) is 54.6 Å². The summed E-state index contributed by atoms with van der Waals surface area (Å²) in [6.07, 6.45) is 4.24. The van der Waals surface area contributed by atoms with Crippen molar-refractivity contribution in [2.45, 2.75) is 76.7 Å². The monoisotopic (exact) mass is 554 g/mol. The van der Waals surface area contributed by atoms with Crippen LogP contribution in [0.2, 0.25) is 0 Å². The Morgan fingerprint density at radius 2 is 1.98 bits per heavy atom. The van der Waals surface area contributed by atoms with Crippen molar-refractivity contribution < 1.29 is 28.3 Å². The number of likely N-dealkylation sites (tertiary alicyclic amines) is 1. The summed E-state index contributed by atoms with van der Waals surface area (Å²) in [6.45, 7) is 5.11.